The third-order valence-corrected chi connectivity index (χ3v) is 16.4. The van der Waals surface area contributed by atoms with Crippen molar-refractivity contribution < 1.29 is 28.7 Å². The average Bonchev–Trinajstić information content (AvgIpc) is 4.23. The second-order valence-corrected chi connectivity index (χ2v) is 21.1. The van der Waals surface area contributed by atoms with Gasteiger partial charge in [-0.1, -0.05) is 44.2 Å². The van der Waals surface area contributed by atoms with Gasteiger partial charge in [0, 0.05) is 73.4 Å². The van der Waals surface area contributed by atoms with Crippen LogP contribution < -0.4 is 25.8 Å². The van der Waals surface area contributed by atoms with Gasteiger partial charge in [-0.3, -0.25) is 38.3 Å². The van der Waals surface area contributed by atoms with Gasteiger partial charge in [-0.2, -0.15) is 0 Å². The number of pyridine rings is 2. The number of thiazole rings is 1. The number of hydrogen-bond acceptors (Lipinski definition) is 14. The van der Waals surface area contributed by atoms with Crippen LogP contribution >= 0.6 is 11.3 Å². The molecule has 4 aliphatic rings. The number of anilines is 1. The molecule has 3 amide bonds. The molecule has 0 bridgehead atoms. The summed E-state index contributed by atoms with van der Waals surface area (Å²) in [5, 5.41) is 9.27. The third-order valence-electron chi connectivity index (χ3n) is 15.4. The third kappa shape index (κ3) is 11.5. The van der Waals surface area contributed by atoms with Crippen LogP contribution in [-0.2, 0) is 20.8 Å². The predicted octanol–water partition coefficient (Wildman–Crippen LogP) is 6.94. The van der Waals surface area contributed by atoms with Crippen LogP contribution in [0.3, 0.4) is 0 Å². The Kier molecular flexibility index (Phi) is 16.4. The maximum absolute atomic E-state index is 14.2. The number of ether oxygens (including phenoxy) is 1. The van der Waals surface area contributed by atoms with E-state index in [1.165, 1.54) is 18.3 Å². The summed E-state index contributed by atoms with van der Waals surface area (Å²) in [7, 11) is 1.73. The van der Waals surface area contributed by atoms with E-state index in [4.69, 9.17) is 19.7 Å². The summed E-state index contributed by atoms with van der Waals surface area (Å²) in [4.78, 5) is 105. The van der Waals surface area contributed by atoms with Gasteiger partial charge in [0.1, 0.15) is 34.0 Å². The fourth-order valence-corrected chi connectivity index (χ4v) is 12.1. The highest BCUT2D eigenvalue weighted by molar-refractivity contribution is 7.10. The quantitative estimate of drug-likeness (QED) is 0.0676. The van der Waals surface area contributed by atoms with Gasteiger partial charge in [0.2, 0.25) is 23.5 Å². The number of nitrogens with zero attached hydrogens (tertiary/aromatic N) is 8. The summed E-state index contributed by atoms with van der Waals surface area (Å²) < 4.78 is 7.78. The number of Topliss-reactive ketones (excluding diaryl/α,β-unsaturated/α-hetero) is 1. The molecule has 0 spiro atoms. The molecular formula is C55H68N10O7S. The van der Waals surface area contributed by atoms with Crippen LogP contribution in [-0.4, -0.2) is 122 Å². The minimum Gasteiger partial charge on any atom is -0.494 e. The monoisotopic (exact) mass is 1010 g/mol. The number of benzene rings is 1. The lowest BCUT2D eigenvalue weighted by atomic mass is 9.83. The van der Waals surface area contributed by atoms with E-state index in [9.17, 15) is 28.8 Å². The summed E-state index contributed by atoms with van der Waals surface area (Å²) in [5.74, 6) is 0.526. The Morgan fingerprint density at radius 1 is 0.877 bits per heavy atom. The molecular weight excluding hydrogens is 945 g/mol. The number of likely N-dealkylation sites (N-methyl/N-ethyl adjacent to an activating group) is 1. The van der Waals surface area contributed by atoms with Crippen molar-refractivity contribution in [3.63, 3.8) is 0 Å². The smallest absolute Gasteiger partial charge is 0.263 e. The molecule has 2 saturated heterocycles. The summed E-state index contributed by atoms with van der Waals surface area (Å²) in [6.07, 6.45) is 15.3. The standard InChI is InChI=1S/C55H68N10O7S/c1-34-43-32-58-46(60-51(43)65(40-16-8-9-17-40)54(70)48(34)36(3)66)30-39-21-22-41(31-57-39)62-24-26-63(27-25-62)47(67)20-12-28-72-42-18-10-15-38(29-42)50(68)44-33-73-53(59-44)45-19-11-23-64(45)55(71)49(37-13-6-5-7-14-37)61-52(69)35(2)56-4/h10,15,18,21-22,29,31-33,35,37,40,45,49,56H,5-9,11-14,16-17,19-20,23-28,30H2,1-4H3,(H,61,69)/t35-,45-,49-/m0/s1. The van der Waals surface area contributed by atoms with Gasteiger partial charge in [0.15, 0.2) is 5.78 Å². The van der Waals surface area contributed by atoms with Crippen LogP contribution in [0.4, 0.5) is 5.69 Å². The number of likely N-dealkylation sites (tertiary alicyclic amines) is 1. The first-order chi connectivity index (χ1) is 35.4. The molecule has 73 heavy (non-hydrogen) atoms. The van der Waals surface area contributed by atoms with E-state index in [1.54, 1.807) is 61.3 Å². The van der Waals surface area contributed by atoms with Gasteiger partial charge in [0.05, 0.1) is 42.6 Å². The molecule has 2 saturated carbocycles. The minimum atomic E-state index is -0.591. The van der Waals surface area contributed by atoms with Crippen molar-refractivity contribution >= 4 is 57.3 Å². The summed E-state index contributed by atoms with van der Waals surface area (Å²) in [5.41, 5.74) is 3.67. The Morgan fingerprint density at radius 2 is 1.64 bits per heavy atom. The highest BCUT2D eigenvalue weighted by atomic mass is 32.1. The van der Waals surface area contributed by atoms with E-state index in [2.05, 4.69) is 20.5 Å². The fraction of sp³-hybridized carbons (Fsp3) is 0.527. The highest BCUT2D eigenvalue weighted by Gasteiger charge is 2.40. The van der Waals surface area contributed by atoms with Crippen molar-refractivity contribution in [2.24, 2.45) is 5.92 Å². The molecule has 6 heterocycles. The Labute approximate surface area is 430 Å². The van der Waals surface area contributed by atoms with Crippen molar-refractivity contribution in [2.75, 3.05) is 51.3 Å². The molecule has 386 valence electrons. The largest absolute Gasteiger partial charge is 0.494 e. The van der Waals surface area contributed by atoms with Crippen LogP contribution in [0.5, 0.6) is 5.75 Å². The fourth-order valence-electron chi connectivity index (χ4n) is 11.2. The van der Waals surface area contributed by atoms with Crippen LogP contribution in [0, 0.1) is 12.8 Å². The first-order valence-corrected chi connectivity index (χ1v) is 27.2. The van der Waals surface area contributed by atoms with Crippen molar-refractivity contribution in [2.45, 2.75) is 135 Å². The van der Waals surface area contributed by atoms with Gasteiger partial charge < -0.3 is 30.1 Å². The Morgan fingerprint density at radius 3 is 2.37 bits per heavy atom. The predicted molar refractivity (Wildman–Crippen MR) is 279 cm³/mol. The molecule has 2 aliphatic heterocycles. The Balaban J connectivity index is 0.736. The van der Waals surface area contributed by atoms with Gasteiger partial charge >= 0.3 is 0 Å². The molecule has 4 aromatic heterocycles. The lowest BCUT2D eigenvalue weighted by Gasteiger charge is -2.36. The number of piperazine rings is 1. The molecule has 3 atom stereocenters. The summed E-state index contributed by atoms with van der Waals surface area (Å²) in [6.45, 7) is 8.45. The lowest BCUT2D eigenvalue weighted by Crippen LogP contribution is -2.55. The number of aromatic nitrogens is 5. The summed E-state index contributed by atoms with van der Waals surface area (Å²) in [6, 6.07) is 9.77. The SMILES string of the molecule is CN[C@@H](C)C(=O)N[C@H](C(=O)N1CCC[C@H]1c1nc(C(=O)c2cccc(OCCCC(=O)N3CCN(c4ccc(Cc5ncc6c(C)c(C(C)=O)c(=O)n(C7CCCC7)c6n5)nc4)CC3)c2)cs1)C1CCCCC1. The number of amides is 3. The first-order valence-electron chi connectivity index (χ1n) is 26.3. The normalized spacial score (nSPS) is 18.5. The number of ketones is 2. The van der Waals surface area contributed by atoms with Gasteiger partial charge in [0.25, 0.3) is 5.56 Å². The second-order valence-electron chi connectivity index (χ2n) is 20.2. The van der Waals surface area contributed by atoms with Crippen LogP contribution in [0.2, 0.25) is 0 Å². The number of nitrogens with one attached hydrogen (secondary N) is 2. The van der Waals surface area contributed by atoms with Crippen molar-refractivity contribution in [1.82, 2.24) is 44.9 Å². The van der Waals surface area contributed by atoms with Crippen molar-refractivity contribution in [3.8, 4) is 5.75 Å². The summed E-state index contributed by atoms with van der Waals surface area (Å²) >= 11 is 1.39. The molecule has 17 nitrogen and oxygen atoms in total. The van der Waals surface area contributed by atoms with Crippen LogP contribution in [0.15, 0.2) is 59.0 Å². The Bertz CT molecular complexity index is 2880. The van der Waals surface area contributed by atoms with E-state index in [1.807, 2.05) is 28.1 Å². The molecule has 4 fully saturated rings. The van der Waals surface area contributed by atoms with Crippen LogP contribution in [0.25, 0.3) is 11.0 Å². The molecule has 5 aromatic rings. The van der Waals surface area contributed by atoms with E-state index >= 15 is 0 Å². The number of fused-ring (bicyclic) bond motifs is 1. The number of carbonyl (C=O) groups excluding carboxylic acids is 5. The number of aryl methyl sites for hydroxylation is 1. The first kappa shape index (κ1) is 51.5. The lowest BCUT2D eigenvalue weighted by molar-refractivity contribution is -0.139. The van der Waals surface area contributed by atoms with E-state index in [0.29, 0.717) is 92.6 Å². The topological polar surface area (TPSA) is 202 Å². The van der Waals surface area contributed by atoms with E-state index in [0.717, 1.165) is 92.4 Å². The Hall–Kier alpha value is -6.40. The van der Waals surface area contributed by atoms with E-state index < -0.39 is 12.1 Å². The average molecular weight is 1010 g/mol. The number of carbonyl (C=O) groups is 5. The minimum absolute atomic E-state index is 0.0116. The maximum atomic E-state index is 14.2. The molecule has 2 aliphatic carbocycles. The molecule has 9 rings (SSSR count). The number of hydrogen-bond donors (Lipinski definition) is 2. The molecule has 1 aromatic carbocycles. The highest BCUT2D eigenvalue weighted by Crippen LogP contribution is 2.37. The zero-order valence-corrected chi connectivity index (χ0v) is 43.4. The zero-order chi connectivity index (χ0) is 51.2. The molecule has 0 unspecified atom stereocenters. The van der Waals surface area contributed by atoms with Gasteiger partial charge in [-0.25, -0.2) is 15.0 Å². The maximum Gasteiger partial charge on any atom is 0.263 e. The van der Waals surface area contributed by atoms with Crippen molar-refractivity contribution in [3.05, 3.63) is 103 Å². The molecule has 18 heteroatoms. The zero-order valence-electron chi connectivity index (χ0n) is 42.6. The van der Waals surface area contributed by atoms with Crippen molar-refractivity contribution in [1.29, 1.82) is 0 Å². The van der Waals surface area contributed by atoms with Gasteiger partial charge in [-0.15, -0.1) is 11.3 Å². The van der Waals surface area contributed by atoms with Gasteiger partial charge in [-0.05, 0) is 109 Å². The molecule has 0 radical (unpaired) electrons. The van der Waals surface area contributed by atoms with E-state index in [-0.39, 0.29) is 58.4 Å². The van der Waals surface area contributed by atoms with Crippen LogP contribution in [0.1, 0.15) is 158 Å². The number of rotatable bonds is 18. The second kappa shape index (κ2) is 23.2. The molecule has 2 N–H and O–H groups in total.